The number of carbonyl (C=O) groups is 2. The number of carbonyl (C=O) groups excluding carboxylic acids is 2. The van der Waals surface area contributed by atoms with Gasteiger partial charge in [-0.15, -0.1) is 0 Å². The van der Waals surface area contributed by atoms with Crippen LogP contribution in [0.25, 0.3) is 0 Å². The molecule has 0 saturated heterocycles. The van der Waals surface area contributed by atoms with Crippen LogP contribution >= 0.6 is 11.6 Å². The minimum atomic E-state index is -0.366. The summed E-state index contributed by atoms with van der Waals surface area (Å²) < 4.78 is 4.45. The van der Waals surface area contributed by atoms with Crippen LogP contribution in [-0.4, -0.2) is 30.5 Å². The molecular formula is C11H13ClN2O3. The van der Waals surface area contributed by atoms with E-state index in [1.54, 1.807) is 13.0 Å². The summed E-state index contributed by atoms with van der Waals surface area (Å²) in [5, 5.41) is 2.86. The number of amides is 1. The molecule has 1 aromatic rings. The lowest BCUT2D eigenvalue weighted by Crippen LogP contribution is -2.26. The number of rotatable bonds is 4. The third-order valence-corrected chi connectivity index (χ3v) is 2.22. The molecule has 1 heterocycles. The highest BCUT2D eigenvalue weighted by atomic mass is 35.5. The molecule has 92 valence electrons. The van der Waals surface area contributed by atoms with Crippen molar-refractivity contribution in [2.24, 2.45) is 0 Å². The zero-order chi connectivity index (χ0) is 12.8. The molecule has 0 aromatic carbocycles. The van der Waals surface area contributed by atoms with Gasteiger partial charge in [-0.3, -0.25) is 9.59 Å². The Hall–Kier alpha value is -1.62. The van der Waals surface area contributed by atoms with Crippen molar-refractivity contribution < 1.29 is 14.3 Å². The monoisotopic (exact) mass is 256 g/mol. The number of aromatic nitrogens is 1. The first-order chi connectivity index (χ1) is 8.02. The molecule has 0 fully saturated rings. The van der Waals surface area contributed by atoms with Crippen LogP contribution in [0.5, 0.6) is 0 Å². The molecule has 1 rings (SSSR count). The van der Waals surface area contributed by atoms with E-state index < -0.39 is 0 Å². The zero-order valence-corrected chi connectivity index (χ0v) is 10.4. The smallest absolute Gasteiger partial charge is 0.307 e. The minimum absolute atomic E-state index is 0.139. The molecule has 0 aliphatic rings. The van der Waals surface area contributed by atoms with E-state index in [1.165, 1.54) is 13.2 Å². The number of aryl methyl sites for hydroxylation is 1. The number of hydrogen-bond donors (Lipinski definition) is 1. The predicted molar refractivity (Wildman–Crippen MR) is 63.0 cm³/mol. The van der Waals surface area contributed by atoms with Crippen LogP contribution < -0.4 is 5.32 Å². The van der Waals surface area contributed by atoms with Crippen molar-refractivity contribution in [2.45, 2.75) is 13.3 Å². The summed E-state index contributed by atoms with van der Waals surface area (Å²) in [6.45, 7) is 1.97. The van der Waals surface area contributed by atoms with Gasteiger partial charge in [-0.1, -0.05) is 11.6 Å². The summed E-state index contributed by atoms with van der Waals surface area (Å²) >= 11 is 5.74. The van der Waals surface area contributed by atoms with Gasteiger partial charge in [0.05, 0.1) is 13.5 Å². The van der Waals surface area contributed by atoms with Crippen LogP contribution in [0.3, 0.4) is 0 Å². The van der Waals surface area contributed by atoms with E-state index in [2.05, 4.69) is 15.0 Å². The molecule has 17 heavy (non-hydrogen) atoms. The minimum Gasteiger partial charge on any atom is -0.469 e. The maximum Gasteiger partial charge on any atom is 0.307 e. The molecule has 0 aliphatic carbocycles. The second kappa shape index (κ2) is 6.20. The molecular weight excluding hydrogens is 244 g/mol. The summed E-state index contributed by atoms with van der Waals surface area (Å²) in [5.41, 5.74) is 1.09. The largest absolute Gasteiger partial charge is 0.469 e. The lowest BCUT2D eigenvalue weighted by atomic mass is 10.2. The number of pyridine rings is 1. The van der Waals surface area contributed by atoms with Gasteiger partial charge in [0.2, 0.25) is 0 Å². The molecule has 0 bridgehead atoms. The van der Waals surface area contributed by atoms with Crippen molar-refractivity contribution >= 4 is 23.5 Å². The average molecular weight is 257 g/mol. The van der Waals surface area contributed by atoms with Crippen LogP contribution in [0, 0.1) is 6.92 Å². The number of methoxy groups -OCH3 is 1. The van der Waals surface area contributed by atoms with Crippen molar-refractivity contribution in [1.82, 2.24) is 10.3 Å². The van der Waals surface area contributed by atoms with Crippen molar-refractivity contribution in [1.29, 1.82) is 0 Å². The first kappa shape index (κ1) is 13.4. The topological polar surface area (TPSA) is 68.3 Å². The van der Waals surface area contributed by atoms with Gasteiger partial charge in [-0.05, 0) is 19.1 Å². The van der Waals surface area contributed by atoms with Gasteiger partial charge in [0.15, 0.2) is 0 Å². The van der Waals surface area contributed by atoms with E-state index in [0.717, 1.165) is 0 Å². The fourth-order valence-corrected chi connectivity index (χ4v) is 1.49. The van der Waals surface area contributed by atoms with Gasteiger partial charge in [-0.2, -0.15) is 0 Å². The maximum absolute atomic E-state index is 11.7. The highest BCUT2D eigenvalue weighted by molar-refractivity contribution is 6.29. The molecule has 0 radical (unpaired) electrons. The quantitative estimate of drug-likeness (QED) is 0.652. The molecule has 0 atom stereocenters. The Morgan fingerprint density at radius 2 is 2.18 bits per heavy atom. The van der Waals surface area contributed by atoms with Gasteiger partial charge in [0.25, 0.3) is 5.91 Å². The van der Waals surface area contributed by atoms with Crippen LogP contribution in [0.2, 0.25) is 5.15 Å². The second-order valence-electron chi connectivity index (χ2n) is 3.40. The molecule has 1 N–H and O–H groups in total. The molecule has 1 amide bonds. The molecule has 1 aromatic heterocycles. The van der Waals surface area contributed by atoms with Gasteiger partial charge in [-0.25, -0.2) is 4.98 Å². The Morgan fingerprint density at radius 3 is 2.76 bits per heavy atom. The third-order valence-electron chi connectivity index (χ3n) is 2.03. The molecule has 5 nitrogen and oxygen atoms in total. The van der Waals surface area contributed by atoms with Gasteiger partial charge < -0.3 is 10.1 Å². The Kier molecular flexibility index (Phi) is 4.90. The molecule has 0 spiro atoms. The zero-order valence-electron chi connectivity index (χ0n) is 9.62. The van der Waals surface area contributed by atoms with Crippen LogP contribution in [0.15, 0.2) is 12.1 Å². The first-order valence-corrected chi connectivity index (χ1v) is 5.40. The molecule has 0 unspecified atom stereocenters. The van der Waals surface area contributed by atoms with Gasteiger partial charge >= 0.3 is 5.97 Å². The van der Waals surface area contributed by atoms with Gasteiger partial charge in [0, 0.05) is 17.8 Å². The molecule has 6 heteroatoms. The van der Waals surface area contributed by atoms with E-state index in [4.69, 9.17) is 11.6 Å². The van der Waals surface area contributed by atoms with E-state index in [0.29, 0.717) is 11.3 Å². The highest BCUT2D eigenvalue weighted by Crippen LogP contribution is 2.10. The van der Waals surface area contributed by atoms with E-state index in [1.807, 2.05) is 0 Å². The Balaban J connectivity index is 2.55. The standard InChI is InChI=1S/C11H13ClN2O3/c1-7-5-8(6-9(12)14-7)11(16)13-4-3-10(15)17-2/h5-6H,3-4H2,1-2H3,(H,13,16). The van der Waals surface area contributed by atoms with Crippen molar-refractivity contribution in [3.63, 3.8) is 0 Å². The SMILES string of the molecule is COC(=O)CCNC(=O)c1cc(C)nc(Cl)c1. The lowest BCUT2D eigenvalue weighted by Gasteiger charge is -2.05. The Morgan fingerprint density at radius 1 is 1.47 bits per heavy atom. The maximum atomic E-state index is 11.7. The van der Waals surface area contributed by atoms with Crippen LogP contribution in [-0.2, 0) is 9.53 Å². The van der Waals surface area contributed by atoms with Crippen molar-refractivity contribution in [2.75, 3.05) is 13.7 Å². The number of esters is 1. The van der Waals surface area contributed by atoms with E-state index in [-0.39, 0.29) is 30.0 Å². The average Bonchev–Trinajstić information content (AvgIpc) is 2.27. The van der Waals surface area contributed by atoms with Gasteiger partial charge in [0.1, 0.15) is 5.15 Å². The second-order valence-corrected chi connectivity index (χ2v) is 3.79. The van der Waals surface area contributed by atoms with Crippen molar-refractivity contribution in [3.8, 4) is 0 Å². The van der Waals surface area contributed by atoms with E-state index >= 15 is 0 Å². The lowest BCUT2D eigenvalue weighted by molar-refractivity contribution is -0.140. The van der Waals surface area contributed by atoms with E-state index in [9.17, 15) is 9.59 Å². The summed E-state index contributed by atoms with van der Waals surface area (Å²) in [4.78, 5) is 26.5. The highest BCUT2D eigenvalue weighted by Gasteiger charge is 2.08. The number of hydrogen-bond acceptors (Lipinski definition) is 4. The predicted octanol–water partition coefficient (Wildman–Crippen LogP) is 1.34. The third kappa shape index (κ3) is 4.40. The molecule has 0 saturated carbocycles. The molecule has 0 aliphatic heterocycles. The number of halogens is 1. The van der Waals surface area contributed by atoms with Crippen molar-refractivity contribution in [3.05, 3.63) is 28.5 Å². The number of ether oxygens (including phenoxy) is 1. The number of nitrogens with one attached hydrogen (secondary N) is 1. The Bertz CT molecular complexity index is 414. The first-order valence-electron chi connectivity index (χ1n) is 5.02. The summed E-state index contributed by atoms with van der Waals surface area (Å²) in [7, 11) is 1.30. The van der Waals surface area contributed by atoms with Crippen LogP contribution in [0.1, 0.15) is 22.5 Å². The Labute approximate surface area is 104 Å². The summed E-state index contributed by atoms with van der Waals surface area (Å²) in [6.07, 6.45) is 0.139. The number of nitrogens with zero attached hydrogens (tertiary/aromatic N) is 1. The summed E-state index contributed by atoms with van der Waals surface area (Å²) in [6, 6.07) is 3.10. The fraction of sp³-hybridized carbons (Fsp3) is 0.364. The summed E-state index contributed by atoms with van der Waals surface area (Å²) in [5.74, 6) is -0.657. The van der Waals surface area contributed by atoms with Crippen LogP contribution in [0.4, 0.5) is 0 Å². The normalized spacial score (nSPS) is 9.82. The fourth-order valence-electron chi connectivity index (χ4n) is 1.24.